The van der Waals surface area contributed by atoms with E-state index in [1.54, 1.807) is 12.1 Å². The number of pyridine rings is 1. The van der Waals surface area contributed by atoms with Gasteiger partial charge >= 0.3 is 6.18 Å². The van der Waals surface area contributed by atoms with Gasteiger partial charge in [0.2, 0.25) is 5.88 Å². The third-order valence-corrected chi connectivity index (χ3v) is 3.41. The van der Waals surface area contributed by atoms with Gasteiger partial charge in [-0.2, -0.15) is 13.2 Å². The molecule has 0 fully saturated rings. The van der Waals surface area contributed by atoms with Crippen LogP contribution in [0, 0.1) is 0 Å². The number of para-hydroxylation sites is 1. The zero-order chi connectivity index (χ0) is 19.0. The van der Waals surface area contributed by atoms with E-state index in [-0.39, 0.29) is 19.0 Å². The van der Waals surface area contributed by atoms with Crippen LogP contribution in [-0.4, -0.2) is 30.3 Å². The van der Waals surface area contributed by atoms with E-state index in [1.807, 2.05) is 25.1 Å². The van der Waals surface area contributed by atoms with Crippen LogP contribution in [0.15, 0.2) is 42.6 Å². The molecule has 1 heterocycles. The molecule has 1 amide bonds. The molecule has 26 heavy (non-hydrogen) atoms. The number of hydrogen-bond acceptors (Lipinski definition) is 4. The first-order valence-electron chi connectivity index (χ1n) is 8.00. The van der Waals surface area contributed by atoms with E-state index < -0.39 is 18.7 Å². The Kier molecular flexibility index (Phi) is 6.82. The number of carbonyl (C=O) groups is 1. The zero-order valence-corrected chi connectivity index (χ0v) is 14.2. The van der Waals surface area contributed by atoms with Crippen LogP contribution in [0.4, 0.5) is 13.2 Å². The van der Waals surface area contributed by atoms with Crippen molar-refractivity contribution >= 4 is 5.91 Å². The number of halogens is 3. The number of rotatable bonds is 8. The third-order valence-electron chi connectivity index (χ3n) is 3.41. The van der Waals surface area contributed by atoms with Crippen LogP contribution in [0.2, 0.25) is 0 Å². The normalized spacial score (nSPS) is 11.1. The van der Waals surface area contributed by atoms with Gasteiger partial charge in [0.15, 0.2) is 13.2 Å². The molecule has 2 rings (SSSR count). The minimum absolute atomic E-state index is 0.0152. The fourth-order valence-electron chi connectivity index (χ4n) is 2.16. The Labute approximate surface area is 149 Å². The van der Waals surface area contributed by atoms with Crippen molar-refractivity contribution < 1.29 is 27.4 Å². The van der Waals surface area contributed by atoms with E-state index in [1.165, 1.54) is 12.3 Å². The van der Waals surface area contributed by atoms with E-state index in [0.717, 1.165) is 12.0 Å². The minimum Gasteiger partial charge on any atom is -0.483 e. The first kappa shape index (κ1) is 19.6. The van der Waals surface area contributed by atoms with E-state index in [4.69, 9.17) is 4.74 Å². The standard InChI is InChI=1S/C18H19F3N2O3/c1-2-13-6-3-4-8-15(13)25-11-16(24)23-10-14-7-5-9-22-17(14)26-12-18(19,20)21/h3-9H,2,10-12H2,1H3,(H,23,24). The summed E-state index contributed by atoms with van der Waals surface area (Å²) in [4.78, 5) is 15.7. The molecule has 0 spiro atoms. The summed E-state index contributed by atoms with van der Waals surface area (Å²) in [6, 6.07) is 10.5. The van der Waals surface area contributed by atoms with E-state index in [9.17, 15) is 18.0 Å². The first-order valence-corrected chi connectivity index (χ1v) is 8.00. The van der Waals surface area contributed by atoms with Crippen molar-refractivity contribution in [1.29, 1.82) is 0 Å². The topological polar surface area (TPSA) is 60.5 Å². The van der Waals surface area contributed by atoms with Crippen LogP contribution in [0.25, 0.3) is 0 Å². The van der Waals surface area contributed by atoms with Crippen molar-refractivity contribution in [1.82, 2.24) is 10.3 Å². The van der Waals surface area contributed by atoms with Gasteiger partial charge in [-0.3, -0.25) is 4.79 Å². The number of alkyl halides is 3. The summed E-state index contributed by atoms with van der Waals surface area (Å²) < 4.78 is 47.0. The summed E-state index contributed by atoms with van der Waals surface area (Å²) >= 11 is 0. The largest absolute Gasteiger partial charge is 0.483 e. The van der Waals surface area contributed by atoms with Crippen molar-refractivity contribution in [3.8, 4) is 11.6 Å². The highest BCUT2D eigenvalue weighted by molar-refractivity contribution is 5.77. The minimum atomic E-state index is -4.46. The molecule has 2 aromatic rings. The van der Waals surface area contributed by atoms with Gasteiger partial charge < -0.3 is 14.8 Å². The van der Waals surface area contributed by atoms with Gasteiger partial charge in [0.1, 0.15) is 5.75 Å². The molecule has 1 aromatic carbocycles. The summed E-state index contributed by atoms with van der Waals surface area (Å²) in [5, 5.41) is 2.58. The Morgan fingerprint density at radius 3 is 2.58 bits per heavy atom. The molecule has 0 radical (unpaired) electrons. The van der Waals surface area contributed by atoms with E-state index in [0.29, 0.717) is 11.3 Å². The Morgan fingerprint density at radius 1 is 1.12 bits per heavy atom. The molecule has 5 nitrogen and oxygen atoms in total. The molecule has 0 aliphatic heterocycles. The van der Waals surface area contributed by atoms with E-state index in [2.05, 4.69) is 15.0 Å². The predicted octanol–water partition coefficient (Wildman–Crippen LogP) is 3.28. The van der Waals surface area contributed by atoms with Gasteiger partial charge in [-0.15, -0.1) is 0 Å². The highest BCUT2D eigenvalue weighted by Crippen LogP contribution is 2.20. The van der Waals surface area contributed by atoms with Crippen LogP contribution in [0.3, 0.4) is 0 Å². The molecule has 0 saturated heterocycles. The number of ether oxygens (including phenoxy) is 2. The number of amides is 1. The molecule has 0 aliphatic rings. The molecule has 0 saturated carbocycles. The molecular weight excluding hydrogens is 349 g/mol. The van der Waals surface area contributed by atoms with Crippen molar-refractivity contribution in [3.05, 3.63) is 53.7 Å². The number of hydrogen-bond donors (Lipinski definition) is 1. The first-order chi connectivity index (χ1) is 12.4. The monoisotopic (exact) mass is 368 g/mol. The Balaban J connectivity index is 1.87. The number of nitrogens with zero attached hydrogens (tertiary/aromatic N) is 1. The van der Waals surface area contributed by atoms with Crippen LogP contribution in [0.5, 0.6) is 11.6 Å². The molecule has 0 unspecified atom stereocenters. The quantitative estimate of drug-likeness (QED) is 0.777. The van der Waals surface area contributed by atoms with Crippen LogP contribution in [-0.2, 0) is 17.8 Å². The highest BCUT2D eigenvalue weighted by atomic mass is 19.4. The summed E-state index contributed by atoms with van der Waals surface area (Å²) in [5.41, 5.74) is 1.33. The summed E-state index contributed by atoms with van der Waals surface area (Å²) in [5.74, 6) is 0.0598. The fraction of sp³-hybridized carbons (Fsp3) is 0.333. The average Bonchev–Trinajstić information content (AvgIpc) is 2.63. The van der Waals surface area contributed by atoms with Gasteiger partial charge in [0, 0.05) is 18.3 Å². The highest BCUT2D eigenvalue weighted by Gasteiger charge is 2.29. The van der Waals surface area contributed by atoms with Crippen molar-refractivity contribution in [2.75, 3.05) is 13.2 Å². The number of aryl methyl sites for hydroxylation is 1. The second-order valence-electron chi connectivity index (χ2n) is 5.40. The van der Waals surface area contributed by atoms with E-state index >= 15 is 0 Å². The Bertz CT molecular complexity index is 736. The van der Waals surface area contributed by atoms with Gasteiger partial charge in [-0.25, -0.2) is 4.98 Å². The zero-order valence-electron chi connectivity index (χ0n) is 14.2. The summed E-state index contributed by atoms with van der Waals surface area (Å²) in [6.07, 6.45) is -2.37. The number of aromatic nitrogens is 1. The molecule has 1 aromatic heterocycles. The molecule has 8 heteroatoms. The lowest BCUT2D eigenvalue weighted by Crippen LogP contribution is -2.29. The average molecular weight is 368 g/mol. The van der Waals surface area contributed by atoms with Gasteiger partial charge in [0.05, 0.1) is 0 Å². The number of nitrogens with one attached hydrogen (secondary N) is 1. The predicted molar refractivity (Wildman–Crippen MR) is 88.9 cm³/mol. The lowest BCUT2D eigenvalue weighted by atomic mass is 10.1. The van der Waals surface area contributed by atoms with Crippen LogP contribution >= 0.6 is 0 Å². The summed E-state index contributed by atoms with van der Waals surface area (Å²) in [6.45, 7) is 0.323. The second kappa shape index (κ2) is 9.07. The second-order valence-corrected chi connectivity index (χ2v) is 5.40. The SMILES string of the molecule is CCc1ccccc1OCC(=O)NCc1cccnc1OCC(F)(F)F. The van der Waals surface area contributed by atoms with Gasteiger partial charge in [-0.1, -0.05) is 31.2 Å². The molecule has 140 valence electrons. The van der Waals surface area contributed by atoms with Crippen molar-refractivity contribution in [2.24, 2.45) is 0 Å². The molecule has 1 N–H and O–H groups in total. The lowest BCUT2D eigenvalue weighted by Gasteiger charge is -2.13. The molecule has 0 aliphatic carbocycles. The van der Waals surface area contributed by atoms with Crippen molar-refractivity contribution in [2.45, 2.75) is 26.1 Å². The number of benzene rings is 1. The maximum absolute atomic E-state index is 12.3. The summed E-state index contributed by atoms with van der Waals surface area (Å²) in [7, 11) is 0. The molecule has 0 atom stereocenters. The fourth-order valence-corrected chi connectivity index (χ4v) is 2.16. The maximum Gasteiger partial charge on any atom is 0.422 e. The molecule has 0 bridgehead atoms. The maximum atomic E-state index is 12.3. The van der Waals surface area contributed by atoms with Crippen molar-refractivity contribution in [3.63, 3.8) is 0 Å². The Morgan fingerprint density at radius 2 is 1.85 bits per heavy atom. The Hall–Kier alpha value is -2.77. The smallest absolute Gasteiger partial charge is 0.422 e. The molecular formula is C18H19F3N2O3. The van der Waals surface area contributed by atoms with Crippen LogP contribution < -0.4 is 14.8 Å². The number of carbonyl (C=O) groups excluding carboxylic acids is 1. The lowest BCUT2D eigenvalue weighted by molar-refractivity contribution is -0.154. The third kappa shape index (κ3) is 6.27. The van der Waals surface area contributed by atoms with Gasteiger partial charge in [0.25, 0.3) is 5.91 Å². The van der Waals surface area contributed by atoms with Crippen LogP contribution in [0.1, 0.15) is 18.1 Å². The van der Waals surface area contributed by atoms with Gasteiger partial charge in [-0.05, 0) is 24.1 Å².